The summed E-state index contributed by atoms with van der Waals surface area (Å²) in [5.74, 6) is 1.32. The number of thiophene rings is 1. The van der Waals surface area contributed by atoms with Gasteiger partial charge in [0.25, 0.3) is 0 Å². The zero-order chi connectivity index (χ0) is 11.6. The van der Waals surface area contributed by atoms with Gasteiger partial charge in [0, 0.05) is 6.04 Å². The van der Waals surface area contributed by atoms with Crippen LogP contribution in [0.4, 0.5) is 0 Å². The van der Waals surface area contributed by atoms with Crippen molar-refractivity contribution in [1.29, 1.82) is 0 Å². The Balaban J connectivity index is 1.95. The number of hydrogen-bond acceptors (Lipinski definition) is 3. The number of unbranched alkanes of at least 4 members (excludes halogenated alkanes) is 3. The first-order valence-corrected chi connectivity index (χ1v) is 8.42. The molecule has 1 aromatic heterocycles. The van der Waals surface area contributed by atoms with E-state index in [0.29, 0.717) is 6.04 Å². The molecule has 0 amide bonds. The first kappa shape index (κ1) is 14.1. The number of rotatable bonds is 9. The van der Waals surface area contributed by atoms with Gasteiger partial charge in [0.15, 0.2) is 0 Å². The molecule has 0 radical (unpaired) electrons. The number of nitrogens with one attached hydrogen (secondary N) is 1. The van der Waals surface area contributed by atoms with Crippen LogP contribution in [0.3, 0.4) is 0 Å². The van der Waals surface area contributed by atoms with Crippen molar-refractivity contribution in [3.63, 3.8) is 0 Å². The van der Waals surface area contributed by atoms with E-state index >= 15 is 0 Å². The van der Waals surface area contributed by atoms with E-state index in [4.69, 9.17) is 0 Å². The third-order valence-electron chi connectivity index (χ3n) is 2.77. The molecule has 0 saturated carbocycles. The van der Waals surface area contributed by atoms with Gasteiger partial charge in [0.1, 0.15) is 0 Å². The minimum Gasteiger partial charge on any atom is -0.310 e. The van der Waals surface area contributed by atoms with Crippen LogP contribution in [-0.2, 0) is 0 Å². The average Bonchev–Trinajstić information content (AvgIpc) is 2.81. The monoisotopic (exact) mass is 257 g/mol. The van der Waals surface area contributed by atoms with Crippen molar-refractivity contribution in [1.82, 2.24) is 5.32 Å². The second kappa shape index (κ2) is 9.08. The lowest BCUT2D eigenvalue weighted by Crippen LogP contribution is -2.19. The molecule has 0 saturated heterocycles. The van der Waals surface area contributed by atoms with Crippen LogP contribution >= 0.6 is 23.1 Å². The fourth-order valence-electron chi connectivity index (χ4n) is 1.68. The lowest BCUT2D eigenvalue weighted by Gasteiger charge is -2.12. The fourth-order valence-corrected chi connectivity index (χ4v) is 2.93. The van der Waals surface area contributed by atoms with Crippen molar-refractivity contribution in [2.24, 2.45) is 0 Å². The second-order valence-corrected chi connectivity index (χ2v) is 5.91. The fraction of sp³-hybridized carbons (Fsp3) is 0.692. The lowest BCUT2D eigenvalue weighted by molar-refractivity contribution is 0.538. The van der Waals surface area contributed by atoms with E-state index in [0.717, 1.165) is 6.54 Å². The van der Waals surface area contributed by atoms with E-state index in [-0.39, 0.29) is 0 Å². The summed E-state index contributed by atoms with van der Waals surface area (Å²) in [6.45, 7) is 3.39. The molecule has 0 fully saturated rings. The molecule has 1 N–H and O–H groups in total. The molecule has 0 spiro atoms. The van der Waals surface area contributed by atoms with Gasteiger partial charge in [0.2, 0.25) is 0 Å². The predicted molar refractivity (Wildman–Crippen MR) is 77.6 cm³/mol. The molecule has 0 aliphatic carbocycles. The third-order valence-corrected chi connectivity index (χ3v) is 4.17. The SMILES string of the molecule is CSCCCCCCNC(C)c1ccsc1. The molecule has 92 valence electrons. The quantitative estimate of drug-likeness (QED) is 0.661. The molecular formula is C13H23NS2. The smallest absolute Gasteiger partial charge is 0.0300 e. The Bertz CT molecular complexity index is 246. The molecule has 3 heteroatoms. The summed E-state index contributed by atoms with van der Waals surface area (Å²) in [5, 5.41) is 7.96. The van der Waals surface area contributed by atoms with Crippen LogP contribution in [0.2, 0.25) is 0 Å². The zero-order valence-corrected chi connectivity index (χ0v) is 12.0. The van der Waals surface area contributed by atoms with Crippen LogP contribution in [0.15, 0.2) is 16.8 Å². The normalized spacial score (nSPS) is 12.9. The Morgan fingerprint density at radius 3 is 2.81 bits per heavy atom. The maximum atomic E-state index is 3.58. The summed E-state index contributed by atoms with van der Waals surface area (Å²) in [4.78, 5) is 0. The topological polar surface area (TPSA) is 12.0 Å². The highest BCUT2D eigenvalue weighted by Gasteiger charge is 2.03. The molecule has 0 bridgehead atoms. The van der Waals surface area contributed by atoms with E-state index in [9.17, 15) is 0 Å². The van der Waals surface area contributed by atoms with Gasteiger partial charge >= 0.3 is 0 Å². The first-order chi connectivity index (χ1) is 7.84. The van der Waals surface area contributed by atoms with E-state index in [1.165, 1.54) is 37.0 Å². The van der Waals surface area contributed by atoms with Crippen molar-refractivity contribution < 1.29 is 0 Å². The highest BCUT2D eigenvalue weighted by molar-refractivity contribution is 7.98. The maximum absolute atomic E-state index is 3.58. The van der Waals surface area contributed by atoms with Crippen LogP contribution in [0.5, 0.6) is 0 Å². The minimum absolute atomic E-state index is 0.512. The van der Waals surface area contributed by atoms with Crippen LogP contribution in [0.25, 0.3) is 0 Å². The molecule has 1 rings (SSSR count). The summed E-state index contributed by atoms with van der Waals surface area (Å²) in [5.41, 5.74) is 1.42. The number of thioether (sulfide) groups is 1. The van der Waals surface area contributed by atoms with Crippen molar-refractivity contribution in [2.75, 3.05) is 18.6 Å². The summed E-state index contributed by atoms with van der Waals surface area (Å²) in [6.07, 6.45) is 7.62. The summed E-state index contributed by atoms with van der Waals surface area (Å²) < 4.78 is 0. The van der Waals surface area contributed by atoms with Gasteiger partial charge in [-0.25, -0.2) is 0 Å². The predicted octanol–water partition coefficient (Wildman–Crippen LogP) is 4.32. The largest absolute Gasteiger partial charge is 0.310 e. The van der Waals surface area contributed by atoms with Crippen LogP contribution in [0, 0.1) is 0 Å². The summed E-state index contributed by atoms with van der Waals surface area (Å²) in [7, 11) is 0. The summed E-state index contributed by atoms with van der Waals surface area (Å²) in [6, 6.07) is 2.72. The molecule has 0 aliphatic rings. The van der Waals surface area contributed by atoms with Gasteiger partial charge in [-0.05, 0) is 60.7 Å². The van der Waals surface area contributed by atoms with Crippen molar-refractivity contribution >= 4 is 23.1 Å². The molecule has 1 atom stereocenters. The Morgan fingerprint density at radius 1 is 1.31 bits per heavy atom. The Labute approximate surface area is 108 Å². The molecule has 0 aliphatic heterocycles. The minimum atomic E-state index is 0.512. The molecule has 1 aromatic rings. The van der Waals surface area contributed by atoms with Crippen molar-refractivity contribution in [2.45, 2.75) is 38.6 Å². The molecule has 1 unspecified atom stereocenters. The Kier molecular flexibility index (Phi) is 7.99. The van der Waals surface area contributed by atoms with Gasteiger partial charge in [-0.1, -0.05) is 12.8 Å². The highest BCUT2D eigenvalue weighted by Crippen LogP contribution is 2.15. The van der Waals surface area contributed by atoms with Crippen molar-refractivity contribution in [3.8, 4) is 0 Å². The molecule has 1 heterocycles. The average molecular weight is 257 g/mol. The van der Waals surface area contributed by atoms with E-state index < -0.39 is 0 Å². The molecule has 16 heavy (non-hydrogen) atoms. The Morgan fingerprint density at radius 2 is 2.12 bits per heavy atom. The highest BCUT2D eigenvalue weighted by atomic mass is 32.2. The van der Waals surface area contributed by atoms with E-state index in [2.05, 4.69) is 35.3 Å². The van der Waals surface area contributed by atoms with Gasteiger partial charge in [-0.15, -0.1) is 0 Å². The third kappa shape index (κ3) is 5.92. The van der Waals surface area contributed by atoms with Gasteiger partial charge in [0.05, 0.1) is 0 Å². The summed E-state index contributed by atoms with van der Waals surface area (Å²) >= 11 is 3.73. The van der Waals surface area contributed by atoms with E-state index in [1.807, 2.05) is 11.8 Å². The molecule has 0 aromatic carbocycles. The standard InChI is InChI=1S/C13H23NS2/c1-12(13-7-10-16-11-13)14-8-5-3-4-6-9-15-2/h7,10-12,14H,3-6,8-9H2,1-2H3. The molecular weight excluding hydrogens is 234 g/mol. The van der Waals surface area contributed by atoms with Crippen LogP contribution in [0.1, 0.15) is 44.2 Å². The zero-order valence-electron chi connectivity index (χ0n) is 10.4. The Hall–Kier alpha value is 0.01000. The van der Waals surface area contributed by atoms with Crippen LogP contribution < -0.4 is 5.32 Å². The van der Waals surface area contributed by atoms with Crippen molar-refractivity contribution in [3.05, 3.63) is 22.4 Å². The van der Waals surface area contributed by atoms with Gasteiger partial charge in [-0.3, -0.25) is 0 Å². The van der Waals surface area contributed by atoms with Gasteiger partial charge < -0.3 is 5.32 Å². The van der Waals surface area contributed by atoms with Gasteiger partial charge in [-0.2, -0.15) is 23.1 Å². The number of hydrogen-bond donors (Lipinski definition) is 1. The maximum Gasteiger partial charge on any atom is 0.0300 e. The lowest BCUT2D eigenvalue weighted by atomic mass is 10.1. The first-order valence-electron chi connectivity index (χ1n) is 6.09. The molecule has 1 nitrogen and oxygen atoms in total. The van der Waals surface area contributed by atoms with Crippen LogP contribution in [-0.4, -0.2) is 18.6 Å². The second-order valence-electron chi connectivity index (χ2n) is 4.14. The van der Waals surface area contributed by atoms with E-state index in [1.54, 1.807) is 11.3 Å².